The van der Waals surface area contributed by atoms with Gasteiger partial charge in [-0.2, -0.15) is 0 Å². The first-order valence-corrected chi connectivity index (χ1v) is 7.90. The number of nitrogens with one attached hydrogen (secondary N) is 2. The monoisotopic (exact) mass is 334 g/mol. The van der Waals surface area contributed by atoms with Crippen molar-refractivity contribution in [1.82, 2.24) is 5.32 Å². The molecule has 1 aliphatic rings. The van der Waals surface area contributed by atoms with Gasteiger partial charge in [0.2, 0.25) is 0 Å². The Morgan fingerprint density at radius 1 is 1.29 bits per heavy atom. The minimum atomic E-state index is -0.974. The summed E-state index contributed by atoms with van der Waals surface area (Å²) in [4.78, 5) is 35.7. The summed E-state index contributed by atoms with van der Waals surface area (Å²) in [7, 11) is 0. The highest BCUT2D eigenvalue weighted by molar-refractivity contribution is 5.99. The molecule has 0 bridgehead atoms. The van der Waals surface area contributed by atoms with E-state index < -0.39 is 24.1 Å². The van der Waals surface area contributed by atoms with Crippen LogP contribution in [0.5, 0.6) is 5.75 Å². The Morgan fingerprint density at radius 2 is 2.00 bits per heavy atom. The molecule has 7 nitrogen and oxygen atoms in total. The van der Waals surface area contributed by atoms with E-state index in [0.29, 0.717) is 23.9 Å². The number of carbonyl (C=O) groups excluding carboxylic acids is 3. The lowest BCUT2D eigenvalue weighted by molar-refractivity contribution is -0.157. The van der Waals surface area contributed by atoms with Crippen molar-refractivity contribution in [2.45, 2.75) is 39.4 Å². The van der Waals surface area contributed by atoms with E-state index in [-0.39, 0.29) is 12.3 Å². The first kappa shape index (κ1) is 17.8. The highest BCUT2D eigenvalue weighted by Gasteiger charge is 2.31. The average Bonchev–Trinajstić information content (AvgIpc) is 2.53. The smallest absolute Gasteiger partial charge is 0.310 e. The van der Waals surface area contributed by atoms with Crippen molar-refractivity contribution in [3.63, 3.8) is 0 Å². The molecule has 0 saturated carbocycles. The van der Waals surface area contributed by atoms with Gasteiger partial charge in [-0.1, -0.05) is 26.0 Å². The van der Waals surface area contributed by atoms with Crippen molar-refractivity contribution in [3.05, 3.63) is 24.3 Å². The summed E-state index contributed by atoms with van der Waals surface area (Å²) in [6.45, 7) is 5.93. The Labute approximate surface area is 140 Å². The molecule has 0 fully saturated rings. The Balaban J connectivity index is 1.86. The Hall–Kier alpha value is -2.57. The van der Waals surface area contributed by atoms with E-state index in [4.69, 9.17) is 9.47 Å². The largest absolute Gasteiger partial charge is 0.478 e. The normalized spacial score (nSPS) is 17.3. The lowest BCUT2D eigenvalue weighted by atomic mass is 10.1. The molecule has 7 heteroatoms. The zero-order chi connectivity index (χ0) is 17.7. The first-order valence-electron chi connectivity index (χ1n) is 7.90. The summed E-state index contributed by atoms with van der Waals surface area (Å²) in [5, 5.41) is 5.36. The lowest BCUT2D eigenvalue weighted by Crippen LogP contribution is -2.41. The Morgan fingerprint density at radius 3 is 2.71 bits per heavy atom. The fraction of sp³-hybridized carbons (Fsp3) is 0.471. The molecule has 24 heavy (non-hydrogen) atoms. The summed E-state index contributed by atoms with van der Waals surface area (Å²) >= 11 is 0. The van der Waals surface area contributed by atoms with Crippen molar-refractivity contribution in [2.24, 2.45) is 5.92 Å². The number of carbonyl (C=O) groups is 3. The second kappa shape index (κ2) is 7.81. The van der Waals surface area contributed by atoms with Crippen LogP contribution in [0.3, 0.4) is 0 Å². The predicted octanol–water partition coefficient (Wildman–Crippen LogP) is 1.48. The van der Waals surface area contributed by atoms with Crippen molar-refractivity contribution in [3.8, 4) is 5.75 Å². The maximum Gasteiger partial charge on any atom is 0.310 e. The number of hydrogen-bond acceptors (Lipinski definition) is 5. The molecule has 1 heterocycles. The van der Waals surface area contributed by atoms with Gasteiger partial charge in [0, 0.05) is 6.54 Å². The van der Waals surface area contributed by atoms with Gasteiger partial charge in [-0.15, -0.1) is 0 Å². The summed E-state index contributed by atoms with van der Waals surface area (Å²) in [6.07, 6.45) is -2.16. The van der Waals surface area contributed by atoms with Gasteiger partial charge < -0.3 is 20.1 Å². The van der Waals surface area contributed by atoms with E-state index in [1.165, 1.54) is 6.92 Å². The number of hydrogen-bond donors (Lipinski definition) is 2. The fourth-order valence-electron chi connectivity index (χ4n) is 2.13. The Bertz CT molecular complexity index is 629. The maximum atomic E-state index is 12.0. The molecule has 1 aromatic carbocycles. The molecule has 1 aromatic rings. The minimum absolute atomic E-state index is 0.262. The van der Waals surface area contributed by atoms with Crippen molar-refractivity contribution in [2.75, 3.05) is 11.9 Å². The minimum Gasteiger partial charge on any atom is -0.478 e. The number of amides is 2. The van der Waals surface area contributed by atoms with Gasteiger partial charge in [-0.25, -0.2) is 0 Å². The molecule has 0 spiro atoms. The van der Waals surface area contributed by atoms with Gasteiger partial charge in [0.25, 0.3) is 11.8 Å². The summed E-state index contributed by atoms with van der Waals surface area (Å²) < 4.78 is 10.6. The van der Waals surface area contributed by atoms with Crippen LogP contribution in [0, 0.1) is 5.92 Å². The second-order valence-corrected chi connectivity index (χ2v) is 6.07. The molecule has 2 amide bonds. The number of rotatable bonds is 6. The first-order chi connectivity index (χ1) is 11.4. The van der Waals surface area contributed by atoms with Crippen LogP contribution in [-0.2, 0) is 19.1 Å². The van der Waals surface area contributed by atoms with Crippen LogP contribution in [0.2, 0.25) is 0 Å². The molecule has 0 aliphatic carbocycles. The van der Waals surface area contributed by atoms with Crippen molar-refractivity contribution in [1.29, 1.82) is 0 Å². The summed E-state index contributed by atoms with van der Waals surface area (Å²) in [5.41, 5.74) is 0.563. The van der Waals surface area contributed by atoms with E-state index in [1.807, 2.05) is 13.8 Å². The molecule has 0 radical (unpaired) electrons. The highest BCUT2D eigenvalue weighted by Crippen LogP contribution is 2.29. The van der Waals surface area contributed by atoms with Crippen LogP contribution in [-0.4, -0.2) is 36.5 Å². The molecule has 1 aliphatic heterocycles. The van der Waals surface area contributed by atoms with Gasteiger partial charge in [0.1, 0.15) is 5.75 Å². The molecular formula is C17H22N2O5. The second-order valence-electron chi connectivity index (χ2n) is 6.07. The summed E-state index contributed by atoms with van der Waals surface area (Å²) in [5.74, 6) is -0.644. The van der Waals surface area contributed by atoms with Gasteiger partial charge in [0.05, 0.1) is 12.1 Å². The fourth-order valence-corrected chi connectivity index (χ4v) is 2.13. The van der Waals surface area contributed by atoms with Crippen molar-refractivity contribution >= 4 is 23.5 Å². The lowest BCUT2D eigenvalue weighted by Gasteiger charge is -2.25. The molecule has 0 aromatic heterocycles. The number of esters is 1. The van der Waals surface area contributed by atoms with Gasteiger partial charge in [-0.3, -0.25) is 14.4 Å². The third kappa shape index (κ3) is 4.71. The van der Waals surface area contributed by atoms with E-state index in [9.17, 15) is 14.4 Å². The van der Waals surface area contributed by atoms with E-state index in [0.717, 1.165) is 0 Å². The summed E-state index contributed by atoms with van der Waals surface area (Å²) in [6, 6.07) is 6.96. The van der Waals surface area contributed by atoms with Gasteiger partial charge >= 0.3 is 5.97 Å². The molecule has 2 atom stereocenters. The van der Waals surface area contributed by atoms with Gasteiger partial charge in [-0.05, 0) is 25.0 Å². The van der Waals surface area contributed by atoms with Crippen LogP contribution < -0.4 is 15.4 Å². The van der Waals surface area contributed by atoms with E-state index in [2.05, 4.69) is 10.6 Å². The topological polar surface area (TPSA) is 93.7 Å². The number of benzene rings is 1. The van der Waals surface area contributed by atoms with Crippen molar-refractivity contribution < 1.29 is 23.9 Å². The van der Waals surface area contributed by atoms with Gasteiger partial charge in [0.15, 0.2) is 12.2 Å². The molecular weight excluding hydrogens is 312 g/mol. The van der Waals surface area contributed by atoms with Crippen LogP contribution in [0.4, 0.5) is 5.69 Å². The number of para-hydroxylation sites is 2. The molecule has 0 saturated heterocycles. The highest BCUT2D eigenvalue weighted by atomic mass is 16.6. The van der Waals surface area contributed by atoms with Crippen LogP contribution in [0.1, 0.15) is 27.2 Å². The molecule has 130 valence electrons. The zero-order valence-corrected chi connectivity index (χ0v) is 14.0. The molecule has 2 rings (SSSR count). The molecule has 0 unspecified atom stereocenters. The number of anilines is 1. The third-order valence-electron chi connectivity index (χ3n) is 3.42. The van der Waals surface area contributed by atoms with Crippen LogP contribution in [0.25, 0.3) is 0 Å². The van der Waals surface area contributed by atoms with E-state index >= 15 is 0 Å². The van der Waals surface area contributed by atoms with E-state index in [1.54, 1.807) is 24.3 Å². The molecule has 2 N–H and O–H groups in total. The van der Waals surface area contributed by atoms with Crippen LogP contribution in [0.15, 0.2) is 24.3 Å². The standard InChI is InChI=1S/C17H22N2O5/c1-10(2)9-18-16(21)11(3)23-15(20)8-14-17(22)19-12-6-4-5-7-13(12)24-14/h4-7,10-11,14H,8-9H2,1-3H3,(H,18,21)(H,19,22)/t11-,14+/m0/s1. The van der Waals surface area contributed by atoms with Crippen LogP contribution >= 0.6 is 0 Å². The number of ether oxygens (including phenoxy) is 2. The maximum absolute atomic E-state index is 12.0. The predicted molar refractivity (Wildman–Crippen MR) is 87.5 cm³/mol. The third-order valence-corrected chi connectivity index (χ3v) is 3.42. The quantitative estimate of drug-likeness (QED) is 0.769. The Kier molecular flexibility index (Phi) is 5.78. The SMILES string of the molecule is CC(C)CNC(=O)[C@H](C)OC(=O)C[C@H]1Oc2ccccc2NC1=O. The zero-order valence-electron chi connectivity index (χ0n) is 14.0. The average molecular weight is 334 g/mol. The number of fused-ring (bicyclic) bond motifs is 1.